The molecule has 5 nitrogen and oxygen atoms in total. The van der Waals surface area contributed by atoms with Gasteiger partial charge in [0.25, 0.3) is 0 Å². The van der Waals surface area contributed by atoms with E-state index < -0.39 is 0 Å². The third-order valence-corrected chi connectivity index (χ3v) is 3.73. The zero-order valence-corrected chi connectivity index (χ0v) is 11.5. The van der Waals surface area contributed by atoms with E-state index in [4.69, 9.17) is 16.8 Å². The van der Waals surface area contributed by atoms with E-state index >= 15 is 0 Å². The third kappa shape index (κ3) is 2.32. The molecule has 1 N–H and O–H groups in total. The maximum atomic E-state index is 8.76. The second-order valence-corrected chi connectivity index (χ2v) is 4.94. The van der Waals surface area contributed by atoms with Crippen LogP contribution >= 0.6 is 11.6 Å². The maximum Gasteiger partial charge on any atom is 0.143 e. The van der Waals surface area contributed by atoms with Crippen molar-refractivity contribution in [3.8, 4) is 0 Å². The molecule has 3 rings (SSSR count). The van der Waals surface area contributed by atoms with Gasteiger partial charge in [0.15, 0.2) is 0 Å². The fourth-order valence-electron chi connectivity index (χ4n) is 2.46. The Labute approximate surface area is 121 Å². The minimum atomic E-state index is 0.284. The van der Waals surface area contributed by atoms with Crippen LogP contribution in [0.5, 0.6) is 0 Å². The van der Waals surface area contributed by atoms with E-state index in [1.165, 1.54) is 23.7 Å². The van der Waals surface area contributed by atoms with Crippen molar-refractivity contribution in [2.45, 2.75) is 13.0 Å². The zero-order chi connectivity index (χ0) is 13.9. The number of anilines is 1. The lowest BCUT2D eigenvalue weighted by Gasteiger charge is -2.30. The van der Waals surface area contributed by atoms with Gasteiger partial charge in [0.2, 0.25) is 0 Å². The molecule has 0 saturated heterocycles. The largest absolute Gasteiger partial charge is 0.411 e. The van der Waals surface area contributed by atoms with Gasteiger partial charge in [-0.25, -0.2) is 9.97 Å². The molecular weight excluding hydrogens is 276 g/mol. The van der Waals surface area contributed by atoms with E-state index in [1.807, 2.05) is 6.07 Å². The van der Waals surface area contributed by atoms with Gasteiger partial charge in [-0.1, -0.05) is 41.0 Å². The summed E-state index contributed by atoms with van der Waals surface area (Å²) in [6, 6.07) is 8.35. The topological polar surface area (TPSA) is 61.6 Å². The van der Waals surface area contributed by atoms with Crippen molar-refractivity contribution < 1.29 is 5.21 Å². The van der Waals surface area contributed by atoms with Gasteiger partial charge in [0.1, 0.15) is 17.3 Å². The summed E-state index contributed by atoms with van der Waals surface area (Å²) in [7, 11) is 0. The number of benzene rings is 1. The van der Waals surface area contributed by atoms with Gasteiger partial charge in [0, 0.05) is 13.1 Å². The molecule has 1 aliphatic heterocycles. The van der Waals surface area contributed by atoms with Crippen LogP contribution in [-0.4, -0.2) is 27.9 Å². The summed E-state index contributed by atoms with van der Waals surface area (Å²) >= 11 is 6.05. The Hall–Kier alpha value is -2.14. The molecule has 1 aromatic carbocycles. The molecule has 1 aliphatic rings. The molecule has 0 unspecified atom stereocenters. The number of fused-ring (bicyclic) bond motifs is 1. The van der Waals surface area contributed by atoms with E-state index in [2.05, 4.69) is 38.2 Å². The van der Waals surface area contributed by atoms with Crippen molar-refractivity contribution >= 4 is 23.6 Å². The summed E-state index contributed by atoms with van der Waals surface area (Å²) in [4.78, 5) is 10.3. The van der Waals surface area contributed by atoms with E-state index in [-0.39, 0.29) is 5.15 Å². The van der Waals surface area contributed by atoms with Crippen LogP contribution in [0.25, 0.3) is 0 Å². The summed E-state index contributed by atoms with van der Waals surface area (Å²) in [5.74, 6) is 0.692. The number of halogens is 1. The maximum absolute atomic E-state index is 8.76. The second-order valence-electron chi connectivity index (χ2n) is 4.59. The highest BCUT2D eigenvalue weighted by Crippen LogP contribution is 2.27. The van der Waals surface area contributed by atoms with E-state index in [9.17, 15) is 0 Å². The van der Waals surface area contributed by atoms with Gasteiger partial charge in [-0.3, -0.25) is 0 Å². The molecule has 0 bridgehead atoms. The summed E-state index contributed by atoms with van der Waals surface area (Å²) in [5.41, 5.74) is 3.18. The molecule has 6 heteroatoms. The quantitative estimate of drug-likeness (QED) is 0.399. The van der Waals surface area contributed by atoms with Crippen LogP contribution in [-0.2, 0) is 13.0 Å². The average Bonchev–Trinajstić information content (AvgIpc) is 2.49. The van der Waals surface area contributed by atoms with Crippen LogP contribution < -0.4 is 4.90 Å². The van der Waals surface area contributed by atoms with Gasteiger partial charge < -0.3 is 10.1 Å². The zero-order valence-electron chi connectivity index (χ0n) is 10.7. The van der Waals surface area contributed by atoms with Crippen LogP contribution in [0.15, 0.2) is 35.7 Å². The molecule has 20 heavy (non-hydrogen) atoms. The van der Waals surface area contributed by atoms with Crippen molar-refractivity contribution in [1.29, 1.82) is 0 Å². The van der Waals surface area contributed by atoms with Crippen molar-refractivity contribution in [1.82, 2.24) is 9.97 Å². The van der Waals surface area contributed by atoms with E-state index in [0.717, 1.165) is 19.5 Å². The molecule has 0 atom stereocenters. The molecule has 0 saturated carbocycles. The van der Waals surface area contributed by atoms with Crippen LogP contribution in [0.2, 0.25) is 5.15 Å². The monoisotopic (exact) mass is 288 g/mol. The first-order chi connectivity index (χ1) is 9.79. The number of aromatic nitrogens is 2. The lowest BCUT2D eigenvalue weighted by molar-refractivity contribution is 0.322. The predicted molar refractivity (Wildman–Crippen MR) is 77.6 cm³/mol. The van der Waals surface area contributed by atoms with Crippen LogP contribution in [0.1, 0.15) is 16.7 Å². The van der Waals surface area contributed by atoms with Crippen LogP contribution in [0, 0.1) is 0 Å². The number of nitrogens with zero attached hydrogens (tertiary/aromatic N) is 4. The fraction of sp³-hybridized carbons (Fsp3) is 0.214. The summed E-state index contributed by atoms with van der Waals surface area (Å²) in [5, 5.41) is 12.1. The normalized spacial score (nSPS) is 14.6. The van der Waals surface area contributed by atoms with Crippen molar-refractivity contribution in [3.05, 3.63) is 52.4 Å². The standard InChI is InChI=1S/C14H13ClN4O/c15-13-12(7-18-20)14(17-9-16-13)19-6-5-10-3-1-2-4-11(10)8-19/h1-4,7,9,20H,5-6,8H2/b18-7+. The Balaban J connectivity index is 1.98. The lowest BCUT2D eigenvalue weighted by Crippen LogP contribution is -2.32. The van der Waals surface area contributed by atoms with Crippen molar-refractivity contribution in [2.24, 2.45) is 5.16 Å². The highest BCUT2D eigenvalue weighted by Gasteiger charge is 2.20. The first kappa shape index (κ1) is 12.9. The van der Waals surface area contributed by atoms with Crippen molar-refractivity contribution in [3.63, 3.8) is 0 Å². The fourth-order valence-corrected chi connectivity index (χ4v) is 2.64. The minimum Gasteiger partial charge on any atom is -0.411 e. The molecule has 0 aliphatic carbocycles. The number of rotatable bonds is 2. The predicted octanol–water partition coefficient (Wildman–Crippen LogP) is 2.50. The van der Waals surface area contributed by atoms with Crippen molar-refractivity contribution in [2.75, 3.05) is 11.4 Å². The molecule has 0 radical (unpaired) electrons. The second kappa shape index (κ2) is 5.46. The van der Waals surface area contributed by atoms with E-state index in [1.54, 1.807) is 0 Å². The molecule has 2 aromatic rings. The van der Waals surface area contributed by atoms with Crippen LogP contribution in [0.4, 0.5) is 5.82 Å². The summed E-state index contributed by atoms with van der Waals surface area (Å²) in [6.45, 7) is 1.60. The van der Waals surface area contributed by atoms with Crippen LogP contribution in [0.3, 0.4) is 0 Å². The van der Waals surface area contributed by atoms with E-state index in [0.29, 0.717) is 11.4 Å². The molecule has 0 amide bonds. The summed E-state index contributed by atoms with van der Waals surface area (Å²) in [6.07, 6.45) is 3.65. The first-order valence-electron chi connectivity index (χ1n) is 6.29. The molecular formula is C14H13ClN4O. The molecule has 2 heterocycles. The van der Waals surface area contributed by atoms with Gasteiger partial charge >= 0.3 is 0 Å². The molecule has 102 valence electrons. The molecule has 0 fully saturated rings. The first-order valence-corrected chi connectivity index (χ1v) is 6.67. The Bertz CT molecular complexity index is 659. The van der Waals surface area contributed by atoms with Gasteiger partial charge in [-0.15, -0.1) is 0 Å². The number of hydrogen-bond acceptors (Lipinski definition) is 5. The Morgan fingerprint density at radius 2 is 2.05 bits per heavy atom. The number of oxime groups is 1. The van der Waals surface area contributed by atoms with Gasteiger partial charge in [-0.05, 0) is 17.5 Å². The molecule has 0 spiro atoms. The molecule has 1 aromatic heterocycles. The third-order valence-electron chi connectivity index (χ3n) is 3.43. The Kier molecular flexibility index (Phi) is 3.52. The highest BCUT2D eigenvalue weighted by molar-refractivity contribution is 6.32. The SMILES string of the molecule is O/N=C/c1c(Cl)ncnc1N1CCc2ccccc2C1. The average molecular weight is 289 g/mol. The Morgan fingerprint density at radius 1 is 1.25 bits per heavy atom. The highest BCUT2D eigenvalue weighted by atomic mass is 35.5. The Morgan fingerprint density at radius 3 is 2.85 bits per heavy atom. The lowest BCUT2D eigenvalue weighted by atomic mass is 10.00. The smallest absolute Gasteiger partial charge is 0.143 e. The van der Waals surface area contributed by atoms with Gasteiger partial charge in [0.05, 0.1) is 11.8 Å². The number of hydrogen-bond donors (Lipinski definition) is 1. The minimum absolute atomic E-state index is 0.284. The summed E-state index contributed by atoms with van der Waals surface area (Å²) < 4.78 is 0. The van der Waals surface area contributed by atoms with Gasteiger partial charge in [-0.2, -0.15) is 0 Å².